The fourth-order valence-electron chi connectivity index (χ4n) is 2.59. The zero-order chi connectivity index (χ0) is 14.2. The second-order valence-electron chi connectivity index (χ2n) is 5.06. The number of aryl methyl sites for hydroxylation is 1. The van der Waals surface area contributed by atoms with Crippen LogP contribution in [0.15, 0.2) is 41.4 Å². The Hall–Kier alpha value is -1.66. The summed E-state index contributed by atoms with van der Waals surface area (Å²) in [6.07, 6.45) is 2.50. The Morgan fingerprint density at radius 1 is 1.35 bits per heavy atom. The van der Waals surface area contributed by atoms with E-state index in [1.165, 1.54) is 0 Å². The molecule has 6 heteroatoms. The quantitative estimate of drug-likeness (QED) is 0.929. The van der Waals surface area contributed by atoms with Crippen molar-refractivity contribution < 1.29 is 8.42 Å². The van der Waals surface area contributed by atoms with Crippen molar-refractivity contribution in [3.8, 4) is 0 Å². The Bertz CT molecular complexity index is 722. The molecular weight excluding hydrogens is 274 g/mol. The maximum Gasteiger partial charge on any atom is 0.178 e. The van der Waals surface area contributed by atoms with E-state index < -0.39 is 9.84 Å². The average Bonchev–Trinajstić information content (AvgIpc) is 2.84. The summed E-state index contributed by atoms with van der Waals surface area (Å²) in [6.45, 7) is 0.639. The van der Waals surface area contributed by atoms with E-state index in [2.05, 4.69) is 10.4 Å². The number of hydrogen-bond acceptors (Lipinski definition) is 4. The minimum absolute atomic E-state index is 0.0664. The van der Waals surface area contributed by atoms with Crippen LogP contribution in [0.5, 0.6) is 0 Å². The van der Waals surface area contributed by atoms with Gasteiger partial charge in [0.05, 0.1) is 16.3 Å². The molecule has 1 aliphatic heterocycles. The standard InChI is InChI=1S/C14H17N3O2S/c1-17-8-6-11(16-17)10-15-13-7-9-20(18,19)14-5-3-2-4-12(13)14/h2-6,8,13,15H,7,9-10H2,1H3. The van der Waals surface area contributed by atoms with Gasteiger partial charge in [-0.1, -0.05) is 18.2 Å². The van der Waals surface area contributed by atoms with Gasteiger partial charge in [0.15, 0.2) is 9.84 Å². The Morgan fingerprint density at radius 3 is 2.90 bits per heavy atom. The Morgan fingerprint density at radius 2 is 2.15 bits per heavy atom. The molecule has 106 valence electrons. The summed E-state index contributed by atoms with van der Waals surface area (Å²) in [5, 5.41) is 7.72. The van der Waals surface area contributed by atoms with Crippen molar-refractivity contribution >= 4 is 9.84 Å². The van der Waals surface area contributed by atoms with Gasteiger partial charge in [-0.15, -0.1) is 0 Å². The van der Waals surface area contributed by atoms with Crippen molar-refractivity contribution in [3.63, 3.8) is 0 Å². The van der Waals surface area contributed by atoms with Crippen molar-refractivity contribution in [3.05, 3.63) is 47.8 Å². The molecule has 1 unspecified atom stereocenters. The lowest BCUT2D eigenvalue weighted by molar-refractivity contribution is 0.486. The Balaban J connectivity index is 1.82. The first-order valence-corrected chi connectivity index (χ1v) is 8.25. The molecule has 1 atom stereocenters. The number of aromatic nitrogens is 2. The molecule has 3 rings (SSSR count). The van der Waals surface area contributed by atoms with E-state index in [1.807, 2.05) is 31.4 Å². The SMILES string of the molecule is Cn1ccc(CNC2CCS(=O)(=O)c3ccccc32)n1. The third-order valence-corrected chi connectivity index (χ3v) is 5.42. The van der Waals surface area contributed by atoms with Gasteiger partial charge in [-0.05, 0) is 24.1 Å². The van der Waals surface area contributed by atoms with Crippen molar-refractivity contribution in [1.29, 1.82) is 0 Å². The second kappa shape index (κ2) is 5.03. The fourth-order valence-corrected chi connectivity index (χ4v) is 4.21. The third-order valence-electron chi connectivity index (χ3n) is 3.60. The van der Waals surface area contributed by atoms with Gasteiger partial charge in [-0.3, -0.25) is 4.68 Å². The fraction of sp³-hybridized carbons (Fsp3) is 0.357. The van der Waals surface area contributed by atoms with Gasteiger partial charge in [0, 0.05) is 25.8 Å². The second-order valence-corrected chi connectivity index (χ2v) is 7.14. The summed E-state index contributed by atoms with van der Waals surface area (Å²) in [6, 6.07) is 9.27. The molecule has 1 aromatic heterocycles. The first-order valence-electron chi connectivity index (χ1n) is 6.60. The molecular formula is C14H17N3O2S. The minimum atomic E-state index is -3.11. The molecule has 0 fully saturated rings. The molecule has 2 aromatic rings. The summed E-state index contributed by atoms with van der Waals surface area (Å²) >= 11 is 0. The highest BCUT2D eigenvalue weighted by Crippen LogP contribution is 2.31. The number of rotatable bonds is 3. The lowest BCUT2D eigenvalue weighted by Gasteiger charge is -2.26. The van der Waals surface area contributed by atoms with Gasteiger partial charge < -0.3 is 5.32 Å². The van der Waals surface area contributed by atoms with Gasteiger partial charge in [0.1, 0.15) is 0 Å². The van der Waals surface area contributed by atoms with Crippen LogP contribution < -0.4 is 5.32 Å². The lowest BCUT2D eigenvalue weighted by Crippen LogP contribution is -2.29. The van der Waals surface area contributed by atoms with Crippen LogP contribution in [0, 0.1) is 0 Å². The summed E-state index contributed by atoms with van der Waals surface area (Å²) in [4.78, 5) is 0.463. The topological polar surface area (TPSA) is 64.0 Å². The third kappa shape index (κ3) is 2.48. The molecule has 1 aromatic carbocycles. The molecule has 0 radical (unpaired) electrons. The zero-order valence-electron chi connectivity index (χ0n) is 11.3. The van der Waals surface area contributed by atoms with Gasteiger partial charge >= 0.3 is 0 Å². The van der Waals surface area contributed by atoms with Crippen LogP contribution in [0.1, 0.15) is 23.7 Å². The largest absolute Gasteiger partial charge is 0.304 e. The first-order chi connectivity index (χ1) is 9.56. The number of benzene rings is 1. The molecule has 20 heavy (non-hydrogen) atoms. The van der Waals surface area contributed by atoms with Gasteiger partial charge in [-0.25, -0.2) is 8.42 Å². The van der Waals surface area contributed by atoms with E-state index in [9.17, 15) is 8.42 Å². The predicted molar refractivity (Wildman–Crippen MR) is 75.9 cm³/mol. The van der Waals surface area contributed by atoms with E-state index >= 15 is 0 Å². The normalized spacial score (nSPS) is 20.6. The van der Waals surface area contributed by atoms with Crippen LogP contribution in [0.4, 0.5) is 0 Å². The summed E-state index contributed by atoms with van der Waals surface area (Å²) < 4.78 is 25.9. The molecule has 5 nitrogen and oxygen atoms in total. The number of hydrogen-bond donors (Lipinski definition) is 1. The van der Waals surface area contributed by atoms with E-state index in [1.54, 1.807) is 16.8 Å². The van der Waals surface area contributed by atoms with Crippen LogP contribution in [0.3, 0.4) is 0 Å². The maximum atomic E-state index is 12.1. The van der Waals surface area contributed by atoms with Gasteiger partial charge in [-0.2, -0.15) is 5.10 Å². The van der Waals surface area contributed by atoms with Crippen molar-refractivity contribution in [2.24, 2.45) is 7.05 Å². The first kappa shape index (κ1) is 13.3. The minimum Gasteiger partial charge on any atom is -0.304 e. The molecule has 0 bridgehead atoms. The summed E-state index contributed by atoms with van der Waals surface area (Å²) in [5.41, 5.74) is 1.83. The molecule has 1 N–H and O–H groups in total. The predicted octanol–water partition coefficient (Wildman–Crippen LogP) is 1.43. The summed E-state index contributed by atoms with van der Waals surface area (Å²) in [7, 11) is -1.23. The molecule has 2 heterocycles. The molecule has 0 spiro atoms. The zero-order valence-corrected chi connectivity index (χ0v) is 12.1. The van der Waals surface area contributed by atoms with Crippen molar-refractivity contribution in [1.82, 2.24) is 15.1 Å². The maximum absolute atomic E-state index is 12.1. The van der Waals surface area contributed by atoms with E-state index in [0.29, 0.717) is 17.9 Å². The van der Waals surface area contributed by atoms with Crippen molar-refractivity contribution in [2.45, 2.75) is 23.9 Å². The highest BCUT2D eigenvalue weighted by Gasteiger charge is 2.29. The van der Waals surface area contributed by atoms with E-state index in [-0.39, 0.29) is 11.8 Å². The highest BCUT2D eigenvalue weighted by atomic mass is 32.2. The molecule has 0 amide bonds. The molecule has 0 aliphatic carbocycles. The van der Waals surface area contributed by atoms with Crippen LogP contribution in [0.25, 0.3) is 0 Å². The Kier molecular flexibility index (Phi) is 3.35. The number of fused-ring (bicyclic) bond motifs is 1. The van der Waals surface area contributed by atoms with Crippen LogP contribution in [-0.2, 0) is 23.4 Å². The van der Waals surface area contributed by atoms with Gasteiger partial charge in [0.2, 0.25) is 0 Å². The lowest BCUT2D eigenvalue weighted by atomic mass is 10.0. The number of nitrogens with zero attached hydrogens (tertiary/aromatic N) is 2. The van der Waals surface area contributed by atoms with Gasteiger partial charge in [0.25, 0.3) is 0 Å². The molecule has 0 saturated carbocycles. The summed E-state index contributed by atoms with van der Waals surface area (Å²) in [5.74, 6) is 0.198. The molecule has 1 aliphatic rings. The van der Waals surface area contributed by atoms with E-state index in [4.69, 9.17) is 0 Å². The number of nitrogens with one attached hydrogen (secondary N) is 1. The number of sulfone groups is 1. The molecule has 0 saturated heterocycles. The monoisotopic (exact) mass is 291 g/mol. The van der Waals surface area contributed by atoms with Crippen molar-refractivity contribution in [2.75, 3.05) is 5.75 Å². The van der Waals surface area contributed by atoms with Crippen LogP contribution in [0.2, 0.25) is 0 Å². The van der Waals surface area contributed by atoms with E-state index in [0.717, 1.165) is 11.3 Å². The van der Waals surface area contributed by atoms with Crippen LogP contribution in [-0.4, -0.2) is 24.0 Å². The smallest absolute Gasteiger partial charge is 0.178 e. The van der Waals surface area contributed by atoms with Crippen LogP contribution >= 0.6 is 0 Å². The average molecular weight is 291 g/mol. The Labute approximate surface area is 118 Å². The highest BCUT2D eigenvalue weighted by molar-refractivity contribution is 7.91.